The lowest BCUT2D eigenvalue weighted by molar-refractivity contribution is -0.200. The van der Waals surface area contributed by atoms with Gasteiger partial charge < -0.3 is 14.6 Å². The van der Waals surface area contributed by atoms with E-state index in [4.69, 9.17) is 4.52 Å². The van der Waals surface area contributed by atoms with Gasteiger partial charge in [-0.25, -0.2) is 4.98 Å². The molecule has 0 spiro atoms. The molecule has 6 nitrogen and oxygen atoms in total. The number of hydrogen-bond donors (Lipinski definition) is 1. The zero-order valence-electron chi connectivity index (χ0n) is 14.0. The maximum Gasteiger partial charge on any atom is 0.413 e. The number of carbonyl (C=O) groups excluding carboxylic acids is 1. The van der Waals surface area contributed by atoms with E-state index in [-0.39, 0.29) is 17.2 Å². The van der Waals surface area contributed by atoms with E-state index in [2.05, 4.69) is 20.2 Å². The molecule has 1 atom stereocenters. The standard InChI is InChI=1S/C16H18F3N3O3/c1-8-12-10(6-11(9-4-5-9)20-14(12)25-22-8)13(23)21-15(2,7-24-3)16(17,18)19/h6,9H,4-5,7H2,1-3H3,(H,21,23)/t15-/m0/s1. The summed E-state index contributed by atoms with van der Waals surface area (Å²) in [6.07, 6.45) is -2.82. The highest BCUT2D eigenvalue weighted by Crippen LogP contribution is 2.40. The number of aromatic nitrogens is 2. The second-order valence-electron chi connectivity index (χ2n) is 6.53. The summed E-state index contributed by atoms with van der Waals surface area (Å²) in [4.78, 5) is 17.0. The fraction of sp³-hybridized carbons (Fsp3) is 0.562. The molecular weight excluding hydrogens is 339 g/mol. The molecule has 136 valence electrons. The normalized spacial score (nSPS) is 17.5. The molecule has 2 aromatic heterocycles. The molecule has 1 aliphatic rings. The predicted octanol–water partition coefficient (Wildman–Crippen LogP) is 3.11. The number of hydrogen-bond acceptors (Lipinski definition) is 5. The third-order valence-electron chi connectivity index (χ3n) is 4.33. The number of fused-ring (bicyclic) bond motifs is 1. The van der Waals surface area contributed by atoms with Crippen molar-refractivity contribution in [1.29, 1.82) is 0 Å². The largest absolute Gasteiger partial charge is 0.413 e. The Morgan fingerprint density at radius 2 is 2.12 bits per heavy atom. The molecule has 2 heterocycles. The van der Waals surface area contributed by atoms with E-state index in [1.165, 1.54) is 6.07 Å². The Labute approximate surface area is 141 Å². The molecule has 0 bridgehead atoms. The van der Waals surface area contributed by atoms with E-state index in [9.17, 15) is 18.0 Å². The Morgan fingerprint density at radius 1 is 1.44 bits per heavy atom. The maximum atomic E-state index is 13.4. The van der Waals surface area contributed by atoms with Crippen LogP contribution >= 0.6 is 0 Å². The molecule has 0 radical (unpaired) electrons. The van der Waals surface area contributed by atoms with Gasteiger partial charge >= 0.3 is 6.18 Å². The summed E-state index contributed by atoms with van der Waals surface area (Å²) in [5, 5.41) is 6.16. The smallest absolute Gasteiger partial charge is 0.382 e. The van der Waals surface area contributed by atoms with Crippen LogP contribution < -0.4 is 5.32 Å². The fourth-order valence-corrected chi connectivity index (χ4v) is 2.68. The molecule has 0 aliphatic heterocycles. The van der Waals surface area contributed by atoms with Crippen LogP contribution in [-0.4, -0.2) is 41.5 Å². The number of ether oxygens (including phenoxy) is 1. The van der Waals surface area contributed by atoms with E-state index in [0.29, 0.717) is 16.8 Å². The van der Waals surface area contributed by atoms with Crippen molar-refractivity contribution in [3.8, 4) is 0 Å². The van der Waals surface area contributed by atoms with E-state index >= 15 is 0 Å². The van der Waals surface area contributed by atoms with Crippen LogP contribution in [0.3, 0.4) is 0 Å². The summed E-state index contributed by atoms with van der Waals surface area (Å²) in [5.74, 6) is -0.660. The minimum absolute atomic E-state index is 0.0808. The van der Waals surface area contributed by atoms with E-state index in [0.717, 1.165) is 26.9 Å². The van der Waals surface area contributed by atoms with E-state index < -0.39 is 24.2 Å². The fourth-order valence-electron chi connectivity index (χ4n) is 2.68. The van der Waals surface area contributed by atoms with Gasteiger partial charge in [-0.05, 0) is 32.8 Å². The van der Waals surface area contributed by atoms with Crippen LogP contribution in [0.5, 0.6) is 0 Å². The average molecular weight is 357 g/mol. The average Bonchev–Trinajstić information content (AvgIpc) is 3.30. The van der Waals surface area contributed by atoms with Crippen molar-refractivity contribution in [1.82, 2.24) is 15.5 Å². The molecule has 0 saturated heterocycles. The Balaban J connectivity index is 2.02. The Morgan fingerprint density at radius 3 is 2.68 bits per heavy atom. The first kappa shape index (κ1) is 17.7. The van der Waals surface area contributed by atoms with Crippen LogP contribution in [0.1, 0.15) is 47.4 Å². The zero-order chi connectivity index (χ0) is 18.4. The number of pyridine rings is 1. The third-order valence-corrected chi connectivity index (χ3v) is 4.33. The second kappa shape index (κ2) is 5.98. The first-order chi connectivity index (χ1) is 11.7. The summed E-state index contributed by atoms with van der Waals surface area (Å²) in [7, 11) is 1.15. The molecule has 1 saturated carbocycles. The summed E-state index contributed by atoms with van der Waals surface area (Å²) in [6, 6.07) is 1.53. The van der Waals surface area contributed by atoms with Crippen LogP contribution in [0.2, 0.25) is 0 Å². The van der Waals surface area contributed by atoms with Gasteiger partial charge in [-0.2, -0.15) is 13.2 Å². The molecule has 1 amide bonds. The number of amides is 1. The number of carbonyl (C=O) groups is 1. The molecule has 1 N–H and O–H groups in total. The van der Waals surface area contributed by atoms with E-state index in [1.54, 1.807) is 6.92 Å². The summed E-state index contributed by atoms with van der Waals surface area (Å²) >= 11 is 0. The van der Waals surface area contributed by atoms with Crippen molar-refractivity contribution in [2.75, 3.05) is 13.7 Å². The van der Waals surface area contributed by atoms with Crippen LogP contribution in [-0.2, 0) is 4.74 Å². The number of halogens is 3. The van der Waals surface area contributed by atoms with Crippen molar-refractivity contribution in [3.05, 3.63) is 23.0 Å². The van der Waals surface area contributed by atoms with Crippen molar-refractivity contribution in [2.45, 2.75) is 44.3 Å². The Bertz CT molecular complexity index is 814. The van der Waals surface area contributed by atoms with Crippen LogP contribution in [0.4, 0.5) is 13.2 Å². The van der Waals surface area contributed by atoms with Gasteiger partial charge in [0.1, 0.15) is 0 Å². The molecule has 0 unspecified atom stereocenters. The van der Waals surface area contributed by atoms with Crippen molar-refractivity contribution in [2.24, 2.45) is 0 Å². The summed E-state index contributed by atoms with van der Waals surface area (Å²) in [5.41, 5.74) is -1.24. The van der Waals surface area contributed by atoms with Gasteiger partial charge in [-0.1, -0.05) is 5.16 Å². The highest BCUT2D eigenvalue weighted by Gasteiger charge is 2.52. The molecule has 2 aromatic rings. The number of aryl methyl sites for hydroxylation is 1. The Kier molecular flexibility index (Phi) is 4.22. The molecule has 9 heteroatoms. The molecular formula is C16H18F3N3O3. The van der Waals surface area contributed by atoms with E-state index in [1.807, 2.05) is 0 Å². The van der Waals surface area contributed by atoms with Gasteiger partial charge in [0.2, 0.25) is 0 Å². The second-order valence-corrected chi connectivity index (χ2v) is 6.53. The molecule has 3 rings (SSSR count). The van der Waals surface area contributed by atoms with Gasteiger partial charge in [0.05, 0.1) is 23.3 Å². The lowest BCUT2D eigenvalue weighted by Crippen LogP contribution is -2.59. The minimum Gasteiger partial charge on any atom is -0.382 e. The number of nitrogens with one attached hydrogen (secondary N) is 1. The van der Waals surface area contributed by atoms with Crippen molar-refractivity contribution >= 4 is 17.0 Å². The number of rotatable bonds is 5. The zero-order valence-corrected chi connectivity index (χ0v) is 14.0. The van der Waals surface area contributed by atoms with Crippen LogP contribution in [0, 0.1) is 6.92 Å². The summed E-state index contributed by atoms with van der Waals surface area (Å²) in [6.45, 7) is 1.79. The first-order valence-electron chi connectivity index (χ1n) is 7.81. The van der Waals surface area contributed by atoms with Gasteiger partial charge in [-0.15, -0.1) is 0 Å². The third kappa shape index (κ3) is 3.20. The monoisotopic (exact) mass is 357 g/mol. The van der Waals surface area contributed by atoms with Gasteiger partial charge in [-0.3, -0.25) is 4.79 Å². The predicted molar refractivity (Wildman–Crippen MR) is 82.3 cm³/mol. The molecule has 1 fully saturated rings. The lowest BCUT2D eigenvalue weighted by Gasteiger charge is -2.32. The van der Waals surface area contributed by atoms with Crippen LogP contribution in [0.15, 0.2) is 10.6 Å². The molecule has 1 aliphatic carbocycles. The first-order valence-corrected chi connectivity index (χ1v) is 7.81. The Hall–Kier alpha value is -2.16. The topological polar surface area (TPSA) is 77.2 Å². The highest BCUT2D eigenvalue weighted by atomic mass is 19.4. The maximum absolute atomic E-state index is 13.4. The summed E-state index contributed by atoms with van der Waals surface area (Å²) < 4.78 is 49.9. The van der Waals surface area contributed by atoms with Crippen molar-refractivity contribution in [3.63, 3.8) is 0 Å². The highest BCUT2D eigenvalue weighted by molar-refractivity contribution is 6.06. The SMILES string of the molecule is COC[C@](C)(NC(=O)c1cc(C2CC2)nc2onc(C)c12)C(F)(F)F. The number of methoxy groups -OCH3 is 1. The lowest BCUT2D eigenvalue weighted by atomic mass is 10.0. The number of alkyl halides is 3. The van der Waals surface area contributed by atoms with Gasteiger partial charge in [0, 0.05) is 18.7 Å². The molecule has 0 aromatic carbocycles. The minimum atomic E-state index is -4.67. The number of nitrogens with zero attached hydrogens (tertiary/aromatic N) is 2. The quantitative estimate of drug-likeness (QED) is 0.890. The van der Waals surface area contributed by atoms with Gasteiger partial charge in [0.25, 0.3) is 11.6 Å². The van der Waals surface area contributed by atoms with Crippen molar-refractivity contribution < 1.29 is 27.2 Å². The van der Waals surface area contributed by atoms with Crippen LogP contribution in [0.25, 0.3) is 11.1 Å². The molecule has 25 heavy (non-hydrogen) atoms. The van der Waals surface area contributed by atoms with Gasteiger partial charge in [0.15, 0.2) is 5.54 Å².